The second-order valence-corrected chi connectivity index (χ2v) is 5.03. The van der Waals surface area contributed by atoms with Crippen LogP contribution in [0.15, 0.2) is 29.4 Å². The molecule has 0 radical (unpaired) electrons. The molecule has 0 amide bonds. The number of aromatic amines is 1. The number of fused-ring (bicyclic) bond motifs is 1. The summed E-state index contributed by atoms with van der Waals surface area (Å²) in [6.07, 6.45) is 0.235. The van der Waals surface area contributed by atoms with E-state index in [4.69, 9.17) is 0 Å². The van der Waals surface area contributed by atoms with E-state index in [1.807, 2.05) is 31.2 Å². The molecule has 0 atom stereocenters. The van der Waals surface area contributed by atoms with Crippen molar-refractivity contribution in [3.8, 4) is 0 Å². The predicted octanol–water partition coefficient (Wildman–Crippen LogP) is -1.50. The maximum atomic E-state index is 11.7. The Balaban J connectivity index is 0.00000180. The van der Waals surface area contributed by atoms with Crippen LogP contribution in [-0.2, 0) is 6.42 Å². The van der Waals surface area contributed by atoms with Gasteiger partial charge in [-0.3, -0.25) is 5.43 Å². The minimum atomic E-state index is -0.278. The van der Waals surface area contributed by atoms with Gasteiger partial charge in [-0.15, -0.1) is 12.6 Å². The van der Waals surface area contributed by atoms with Crippen LogP contribution in [0.3, 0.4) is 0 Å². The summed E-state index contributed by atoms with van der Waals surface area (Å²) in [5, 5.41) is 16.3. The molecule has 2 N–H and O–H groups in total. The van der Waals surface area contributed by atoms with Gasteiger partial charge in [0, 0.05) is 23.0 Å². The molecule has 19 heavy (non-hydrogen) atoms. The molecule has 1 aromatic carbocycles. The normalized spacial score (nSPS) is 11.2. The number of hydrazone groups is 1. The number of nitrogens with zero attached hydrogens (tertiary/aromatic N) is 1. The number of H-pyrrole nitrogens is 1. The third-order valence-electron chi connectivity index (χ3n) is 2.63. The van der Waals surface area contributed by atoms with Gasteiger partial charge in [0.25, 0.3) is 0 Å². The summed E-state index contributed by atoms with van der Waals surface area (Å²) in [5.74, 6) is -0.278. The van der Waals surface area contributed by atoms with Gasteiger partial charge in [0.2, 0.25) is 0 Å². The third-order valence-corrected chi connectivity index (χ3v) is 2.82. The van der Waals surface area contributed by atoms with E-state index in [1.165, 1.54) is 0 Å². The van der Waals surface area contributed by atoms with E-state index in [0.717, 1.165) is 22.2 Å². The van der Waals surface area contributed by atoms with Crippen molar-refractivity contribution in [1.29, 1.82) is 0 Å². The molecule has 7 heteroatoms. The number of hydrogen-bond donors (Lipinski definition) is 3. The van der Waals surface area contributed by atoms with Gasteiger partial charge in [-0.25, -0.2) is 0 Å². The van der Waals surface area contributed by atoms with E-state index in [2.05, 4.69) is 40.4 Å². The first-order valence-electron chi connectivity index (χ1n) is 5.36. The minimum Gasteiger partial charge on any atom is -0.860 e. The van der Waals surface area contributed by atoms with Crippen LogP contribution in [0.2, 0.25) is 0 Å². The van der Waals surface area contributed by atoms with Gasteiger partial charge in [0.15, 0.2) is 4.32 Å². The average molecular weight is 317 g/mol. The average Bonchev–Trinajstić information content (AvgIpc) is 2.64. The first kappa shape index (κ1) is 17.2. The van der Waals surface area contributed by atoms with Gasteiger partial charge < -0.3 is 10.1 Å². The minimum absolute atomic E-state index is 0. The Morgan fingerprint density at radius 3 is 2.84 bits per heavy atom. The fraction of sp³-hybridized carbons (Fsp3) is 0.167. The van der Waals surface area contributed by atoms with Gasteiger partial charge in [-0.1, -0.05) is 30.4 Å². The number of benzene rings is 1. The van der Waals surface area contributed by atoms with Crippen molar-refractivity contribution >= 4 is 46.0 Å². The van der Waals surface area contributed by atoms with Gasteiger partial charge in [0.1, 0.15) is 0 Å². The fourth-order valence-electron chi connectivity index (χ4n) is 1.86. The Hall–Kier alpha value is 0.106. The van der Waals surface area contributed by atoms with Crippen LogP contribution in [0.25, 0.3) is 10.9 Å². The summed E-state index contributed by atoms with van der Waals surface area (Å²) in [6, 6.07) is 7.86. The molecule has 94 valence electrons. The molecule has 2 rings (SSSR count). The van der Waals surface area contributed by atoms with Crippen LogP contribution in [-0.4, -0.2) is 15.2 Å². The zero-order valence-corrected chi connectivity index (χ0v) is 15.6. The van der Waals surface area contributed by atoms with Crippen molar-refractivity contribution in [3.63, 3.8) is 0 Å². The van der Waals surface area contributed by atoms with E-state index >= 15 is 0 Å². The molecule has 0 saturated heterocycles. The molecule has 0 aliphatic carbocycles. The first-order chi connectivity index (χ1) is 8.58. The SMILES string of the molecule is Cc1[nH]c2ccccc2c1C/C([O-])=N/NC(=S)S.[K+]. The zero-order chi connectivity index (χ0) is 13.1. The summed E-state index contributed by atoms with van der Waals surface area (Å²) >= 11 is 8.50. The maximum Gasteiger partial charge on any atom is 1.00 e. The first-order valence-corrected chi connectivity index (χ1v) is 6.22. The molecule has 2 aromatic rings. The molecule has 0 bridgehead atoms. The maximum absolute atomic E-state index is 11.7. The van der Waals surface area contributed by atoms with Crippen molar-refractivity contribution in [1.82, 2.24) is 10.4 Å². The summed E-state index contributed by atoms with van der Waals surface area (Å²) in [6.45, 7) is 1.94. The third kappa shape index (κ3) is 4.56. The molecule has 0 fully saturated rings. The Bertz CT molecular complexity index is 624. The fourth-order valence-corrected chi connectivity index (χ4v) is 1.96. The van der Waals surface area contributed by atoms with Crippen molar-refractivity contribution < 1.29 is 56.5 Å². The molecule has 1 heterocycles. The number of thiol groups is 1. The molecule has 4 nitrogen and oxygen atoms in total. The van der Waals surface area contributed by atoms with Crippen LogP contribution in [0.5, 0.6) is 0 Å². The van der Waals surface area contributed by atoms with Crippen molar-refractivity contribution in [2.45, 2.75) is 13.3 Å². The van der Waals surface area contributed by atoms with Crippen molar-refractivity contribution in [2.75, 3.05) is 0 Å². The molecule has 1 aromatic heterocycles. The van der Waals surface area contributed by atoms with Gasteiger partial charge in [0.05, 0.1) is 0 Å². The van der Waals surface area contributed by atoms with Crippen LogP contribution in [0, 0.1) is 6.92 Å². The number of aryl methyl sites for hydroxylation is 1. The predicted molar refractivity (Wildman–Crippen MR) is 78.9 cm³/mol. The topological polar surface area (TPSA) is 63.2 Å². The van der Waals surface area contributed by atoms with Crippen LogP contribution in [0.1, 0.15) is 11.3 Å². The Labute approximate surface area is 164 Å². The smallest absolute Gasteiger partial charge is 0.860 e. The number of para-hydroxylation sites is 1. The number of thiocarbonyl (C=S) groups is 1. The number of aromatic nitrogens is 1. The van der Waals surface area contributed by atoms with Crippen LogP contribution in [0.4, 0.5) is 0 Å². The largest absolute Gasteiger partial charge is 1.00 e. The van der Waals surface area contributed by atoms with Crippen molar-refractivity contribution in [3.05, 3.63) is 35.5 Å². The standard InChI is InChI=1S/C12H13N3OS2.K/c1-7-9(6-11(16)14-15-12(17)18)8-4-2-3-5-10(8)13-7;/h2-5,13H,6H2,1H3,(H,14,16)(H2,15,17,18);/q;+1/p-1. The van der Waals surface area contributed by atoms with E-state index in [9.17, 15) is 5.11 Å². The summed E-state index contributed by atoms with van der Waals surface area (Å²) in [7, 11) is 0. The molecular weight excluding hydrogens is 305 g/mol. The number of rotatable bonds is 3. The monoisotopic (exact) mass is 317 g/mol. The number of hydrogen-bond acceptors (Lipinski definition) is 3. The second kappa shape index (κ2) is 7.77. The van der Waals surface area contributed by atoms with Gasteiger partial charge >= 0.3 is 51.4 Å². The van der Waals surface area contributed by atoms with Crippen molar-refractivity contribution in [2.24, 2.45) is 5.10 Å². The molecule has 0 saturated carbocycles. The Morgan fingerprint density at radius 2 is 2.16 bits per heavy atom. The Morgan fingerprint density at radius 1 is 1.47 bits per heavy atom. The van der Waals surface area contributed by atoms with Gasteiger partial charge in [-0.2, -0.15) is 5.10 Å². The number of nitrogens with one attached hydrogen (secondary N) is 2. The summed E-state index contributed by atoms with van der Waals surface area (Å²) in [5.41, 5.74) is 5.35. The molecule has 0 aliphatic rings. The molecular formula is C12H12KN3OS2. The quantitative estimate of drug-likeness (QED) is 0.161. The van der Waals surface area contributed by atoms with Crippen LogP contribution < -0.4 is 61.9 Å². The summed E-state index contributed by atoms with van der Waals surface area (Å²) < 4.78 is 0.180. The van der Waals surface area contributed by atoms with E-state index < -0.39 is 0 Å². The van der Waals surface area contributed by atoms with Crippen LogP contribution >= 0.6 is 24.8 Å². The van der Waals surface area contributed by atoms with E-state index in [0.29, 0.717) is 0 Å². The molecule has 0 spiro atoms. The zero-order valence-electron chi connectivity index (χ0n) is 10.7. The second-order valence-electron chi connectivity index (χ2n) is 3.87. The Kier molecular flexibility index (Phi) is 7.02. The molecule has 0 aliphatic heterocycles. The van der Waals surface area contributed by atoms with E-state index in [-0.39, 0.29) is 68.0 Å². The molecule has 0 unspecified atom stereocenters. The van der Waals surface area contributed by atoms with Gasteiger partial charge in [-0.05, 0) is 24.5 Å². The van der Waals surface area contributed by atoms with E-state index in [1.54, 1.807) is 0 Å². The summed E-state index contributed by atoms with van der Waals surface area (Å²) in [4.78, 5) is 3.24.